The molecule has 0 amide bonds. The molecule has 0 aromatic carbocycles. The summed E-state index contributed by atoms with van der Waals surface area (Å²) in [5, 5.41) is 18.9. The summed E-state index contributed by atoms with van der Waals surface area (Å²) in [6.45, 7) is 8.12. The van der Waals surface area contributed by atoms with Gasteiger partial charge in [0.1, 0.15) is 6.54 Å². The Morgan fingerprint density at radius 1 is 1.26 bits per heavy atom. The first kappa shape index (κ1) is 18.8. The van der Waals surface area contributed by atoms with Gasteiger partial charge in [-0.25, -0.2) is 4.99 Å². The van der Waals surface area contributed by atoms with E-state index < -0.39 is 0 Å². The summed E-state index contributed by atoms with van der Waals surface area (Å²) in [7, 11) is 0. The second-order valence-electron chi connectivity index (χ2n) is 6.47. The van der Waals surface area contributed by atoms with Crippen molar-refractivity contribution in [1.82, 2.24) is 35.4 Å². The van der Waals surface area contributed by atoms with Crippen LogP contribution >= 0.6 is 0 Å². The van der Waals surface area contributed by atoms with E-state index in [1.165, 1.54) is 0 Å². The van der Waals surface area contributed by atoms with Crippen LogP contribution in [-0.4, -0.2) is 43.8 Å². The molecule has 0 aliphatic carbocycles. The van der Waals surface area contributed by atoms with Crippen LogP contribution in [0.15, 0.2) is 33.9 Å². The molecular weight excluding hydrogens is 344 g/mol. The molecule has 27 heavy (non-hydrogen) atoms. The summed E-state index contributed by atoms with van der Waals surface area (Å²) in [4.78, 5) is 8.99. The van der Waals surface area contributed by atoms with E-state index >= 15 is 0 Å². The van der Waals surface area contributed by atoms with Crippen molar-refractivity contribution in [3.8, 4) is 0 Å². The van der Waals surface area contributed by atoms with Gasteiger partial charge in [0.15, 0.2) is 23.3 Å². The summed E-state index contributed by atoms with van der Waals surface area (Å²) in [5.74, 6) is 3.26. The number of aromatic nitrogens is 5. The fourth-order valence-corrected chi connectivity index (χ4v) is 2.54. The van der Waals surface area contributed by atoms with Gasteiger partial charge in [0.2, 0.25) is 5.89 Å². The number of aryl methyl sites for hydroxylation is 1. The van der Waals surface area contributed by atoms with Crippen LogP contribution in [0.5, 0.6) is 0 Å². The maximum absolute atomic E-state index is 5.27. The molecule has 3 aromatic rings. The Kier molecular flexibility index (Phi) is 6.35. The fraction of sp³-hybridized carbons (Fsp3) is 0.500. The van der Waals surface area contributed by atoms with Crippen molar-refractivity contribution < 1.29 is 4.52 Å². The highest BCUT2D eigenvalue weighted by Crippen LogP contribution is 2.10. The van der Waals surface area contributed by atoms with Gasteiger partial charge < -0.3 is 15.2 Å². The van der Waals surface area contributed by atoms with Crippen LogP contribution in [0.25, 0.3) is 5.65 Å². The van der Waals surface area contributed by atoms with Gasteiger partial charge in [-0.1, -0.05) is 25.1 Å². The minimum Gasteiger partial charge on any atom is -0.357 e. The molecule has 9 nitrogen and oxygen atoms in total. The van der Waals surface area contributed by atoms with Crippen LogP contribution < -0.4 is 10.6 Å². The Labute approximate surface area is 158 Å². The highest BCUT2D eigenvalue weighted by molar-refractivity contribution is 5.79. The van der Waals surface area contributed by atoms with Crippen molar-refractivity contribution in [2.75, 3.05) is 13.1 Å². The number of nitrogens with one attached hydrogen (secondary N) is 2. The second-order valence-corrected chi connectivity index (χ2v) is 6.47. The van der Waals surface area contributed by atoms with Crippen molar-refractivity contribution in [3.63, 3.8) is 0 Å². The lowest BCUT2D eigenvalue weighted by Crippen LogP contribution is -2.37. The van der Waals surface area contributed by atoms with Crippen molar-refractivity contribution in [2.45, 2.75) is 46.1 Å². The van der Waals surface area contributed by atoms with Gasteiger partial charge in [-0.05, 0) is 25.5 Å². The Morgan fingerprint density at radius 2 is 2.15 bits per heavy atom. The van der Waals surface area contributed by atoms with Gasteiger partial charge in [0.25, 0.3) is 0 Å². The van der Waals surface area contributed by atoms with E-state index in [2.05, 4.69) is 36.0 Å². The van der Waals surface area contributed by atoms with E-state index in [4.69, 9.17) is 4.52 Å². The zero-order valence-electron chi connectivity index (χ0n) is 16.0. The van der Waals surface area contributed by atoms with Crippen LogP contribution in [0.3, 0.4) is 0 Å². The van der Waals surface area contributed by atoms with E-state index in [1.807, 2.05) is 49.6 Å². The molecule has 0 fully saturated rings. The zero-order valence-corrected chi connectivity index (χ0v) is 16.0. The number of hydrogen-bond acceptors (Lipinski definition) is 6. The van der Waals surface area contributed by atoms with Crippen LogP contribution in [0.2, 0.25) is 0 Å². The maximum Gasteiger partial charge on any atom is 0.226 e. The topological polar surface area (TPSA) is 106 Å². The van der Waals surface area contributed by atoms with E-state index in [-0.39, 0.29) is 5.92 Å². The van der Waals surface area contributed by atoms with Crippen LogP contribution in [-0.2, 0) is 13.0 Å². The smallest absolute Gasteiger partial charge is 0.226 e. The molecule has 144 valence electrons. The normalized spacial score (nSPS) is 12.1. The van der Waals surface area contributed by atoms with Crippen LogP contribution in [0.4, 0.5) is 0 Å². The highest BCUT2D eigenvalue weighted by Gasteiger charge is 2.09. The molecule has 0 aliphatic rings. The van der Waals surface area contributed by atoms with Crippen LogP contribution in [0, 0.1) is 0 Å². The summed E-state index contributed by atoms with van der Waals surface area (Å²) in [6, 6.07) is 5.82. The zero-order chi connectivity index (χ0) is 19.1. The minimum atomic E-state index is 0.279. The molecule has 3 rings (SSSR count). The molecular formula is C18H26N8O. The minimum absolute atomic E-state index is 0.279. The quantitative estimate of drug-likeness (QED) is 0.354. The molecule has 2 N–H and O–H groups in total. The molecule has 9 heteroatoms. The third kappa shape index (κ3) is 5.02. The maximum atomic E-state index is 5.27. The van der Waals surface area contributed by atoms with Crippen LogP contribution in [0.1, 0.15) is 50.6 Å². The molecule has 0 aliphatic heterocycles. The standard InChI is InChI=1S/C18H26N8O/c1-4-19-18(20-10-7-9-16-22-17(13(2)3)25-27-16)21-12-15-24-23-14-8-5-6-11-26(14)15/h5-6,8,11,13H,4,7,9-10,12H2,1-3H3,(H2,19,20,21). The summed E-state index contributed by atoms with van der Waals surface area (Å²) < 4.78 is 7.20. The monoisotopic (exact) mass is 370 g/mol. The first-order valence-corrected chi connectivity index (χ1v) is 9.30. The predicted molar refractivity (Wildman–Crippen MR) is 103 cm³/mol. The molecule has 0 saturated heterocycles. The molecule has 3 aromatic heterocycles. The van der Waals surface area contributed by atoms with Crippen molar-refractivity contribution in [3.05, 3.63) is 41.9 Å². The number of rotatable bonds is 8. The summed E-state index contributed by atoms with van der Waals surface area (Å²) >= 11 is 0. The third-order valence-electron chi connectivity index (χ3n) is 3.97. The lowest BCUT2D eigenvalue weighted by molar-refractivity contribution is 0.368. The fourth-order valence-electron chi connectivity index (χ4n) is 2.54. The SMILES string of the molecule is CCNC(=NCc1nnc2ccccn12)NCCCc1nc(C(C)C)no1. The molecule has 0 atom stereocenters. The first-order valence-electron chi connectivity index (χ1n) is 9.30. The Morgan fingerprint density at radius 3 is 2.93 bits per heavy atom. The lowest BCUT2D eigenvalue weighted by Gasteiger charge is -2.10. The van der Waals surface area contributed by atoms with E-state index in [0.717, 1.165) is 49.2 Å². The molecule has 0 saturated carbocycles. The van der Waals surface area contributed by atoms with Gasteiger partial charge in [0, 0.05) is 31.6 Å². The van der Waals surface area contributed by atoms with Crippen molar-refractivity contribution in [2.24, 2.45) is 4.99 Å². The van der Waals surface area contributed by atoms with E-state index in [9.17, 15) is 0 Å². The Hall–Kier alpha value is -2.97. The highest BCUT2D eigenvalue weighted by atomic mass is 16.5. The first-order chi connectivity index (χ1) is 13.2. The molecule has 0 spiro atoms. The second kappa shape index (κ2) is 9.11. The van der Waals surface area contributed by atoms with Gasteiger partial charge in [-0.3, -0.25) is 4.40 Å². The summed E-state index contributed by atoms with van der Waals surface area (Å²) in [5.41, 5.74) is 0.820. The molecule has 3 heterocycles. The number of hydrogen-bond donors (Lipinski definition) is 2. The molecule has 0 bridgehead atoms. The number of fused-ring (bicyclic) bond motifs is 1. The Balaban J connectivity index is 1.51. The van der Waals surface area contributed by atoms with E-state index in [0.29, 0.717) is 12.4 Å². The number of nitrogens with zero attached hydrogens (tertiary/aromatic N) is 6. The molecule has 0 radical (unpaired) electrons. The lowest BCUT2D eigenvalue weighted by atomic mass is 10.2. The molecule has 0 unspecified atom stereocenters. The number of guanidine groups is 1. The van der Waals surface area contributed by atoms with Gasteiger partial charge in [0.05, 0.1) is 0 Å². The van der Waals surface area contributed by atoms with E-state index in [1.54, 1.807) is 0 Å². The third-order valence-corrected chi connectivity index (χ3v) is 3.97. The average molecular weight is 370 g/mol. The predicted octanol–water partition coefficient (Wildman–Crippen LogP) is 1.92. The number of pyridine rings is 1. The largest absolute Gasteiger partial charge is 0.357 e. The number of aliphatic imine (C=N–C) groups is 1. The Bertz CT molecular complexity index is 882. The summed E-state index contributed by atoms with van der Waals surface area (Å²) in [6.07, 6.45) is 3.55. The van der Waals surface area contributed by atoms with Gasteiger partial charge >= 0.3 is 0 Å². The van der Waals surface area contributed by atoms with Gasteiger partial charge in [-0.15, -0.1) is 10.2 Å². The van der Waals surface area contributed by atoms with Gasteiger partial charge in [-0.2, -0.15) is 4.98 Å². The van der Waals surface area contributed by atoms with Crippen molar-refractivity contribution >= 4 is 11.6 Å². The average Bonchev–Trinajstić information content (AvgIpc) is 3.30. The van der Waals surface area contributed by atoms with Crippen molar-refractivity contribution in [1.29, 1.82) is 0 Å².